The van der Waals surface area contributed by atoms with Crippen LogP contribution >= 0.6 is 0 Å². The molecule has 1 fully saturated rings. The third-order valence-corrected chi connectivity index (χ3v) is 6.17. The van der Waals surface area contributed by atoms with Crippen LogP contribution in [0.1, 0.15) is 43.1 Å². The summed E-state index contributed by atoms with van der Waals surface area (Å²) in [7, 11) is 0. The number of nitrogens with one attached hydrogen (secondary N) is 2. The fourth-order valence-electron chi connectivity index (χ4n) is 4.04. The van der Waals surface area contributed by atoms with Crippen molar-refractivity contribution in [1.29, 1.82) is 0 Å². The molecule has 8 nitrogen and oxygen atoms in total. The van der Waals surface area contributed by atoms with E-state index in [9.17, 15) is 24.6 Å². The molecule has 0 aromatic heterocycles. The Morgan fingerprint density at radius 1 is 1.00 bits per heavy atom. The van der Waals surface area contributed by atoms with E-state index in [0.717, 1.165) is 11.1 Å². The Morgan fingerprint density at radius 2 is 1.67 bits per heavy atom. The van der Waals surface area contributed by atoms with Gasteiger partial charge in [0, 0.05) is 5.56 Å². The molecule has 1 aliphatic rings. The molecule has 36 heavy (non-hydrogen) atoms. The van der Waals surface area contributed by atoms with Crippen molar-refractivity contribution in [3.8, 4) is 11.1 Å². The van der Waals surface area contributed by atoms with Crippen LogP contribution in [0.4, 0.5) is 0 Å². The number of hydrogen-bond acceptors (Lipinski definition) is 6. The number of hydrogen-bond donors (Lipinski definition) is 4. The summed E-state index contributed by atoms with van der Waals surface area (Å²) < 4.78 is 5.17. The lowest BCUT2D eigenvalue weighted by atomic mass is 9.92. The van der Waals surface area contributed by atoms with Crippen LogP contribution in [0.15, 0.2) is 55.1 Å². The molecule has 0 spiro atoms. The molecule has 0 saturated carbocycles. The summed E-state index contributed by atoms with van der Waals surface area (Å²) in [6.07, 6.45) is 0.320. The Morgan fingerprint density at radius 3 is 2.19 bits per heavy atom. The van der Waals surface area contributed by atoms with Gasteiger partial charge in [0.05, 0.1) is 25.9 Å². The predicted molar refractivity (Wildman–Crippen MR) is 137 cm³/mol. The number of Topliss-reactive ketones (excluding diaryl/α,β-unsaturated/α-hetero) is 1. The van der Waals surface area contributed by atoms with E-state index in [1.165, 1.54) is 0 Å². The zero-order valence-electron chi connectivity index (χ0n) is 20.9. The van der Waals surface area contributed by atoms with Crippen molar-refractivity contribution in [2.24, 2.45) is 5.92 Å². The molecule has 2 aromatic carbocycles. The monoisotopic (exact) mass is 494 g/mol. The summed E-state index contributed by atoms with van der Waals surface area (Å²) in [6, 6.07) is 12.8. The summed E-state index contributed by atoms with van der Waals surface area (Å²) in [6.45, 7) is 8.48. The van der Waals surface area contributed by atoms with Crippen molar-refractivity contribution in [3.63, 3.8) is 0 Å². The topological polar surface area (TPSA) is 128 Å². The van der Waals surface area contributed by atoms with E-state index in [1.54, 1.807) is 19.1 Å². The van der Waals surface area contributed by atoms with Crippen molar-refractivity contribution in [2.45, 2.75) is 44.9 Å². The molecular weight excluding hydrogens is 460 g/mol. The molecular formula is C28H34N2O6. The molecule has 1 aliphatic heterocycles. The quantitative estimate of drug-likeness (QED) is 0.335. The molecule has 3 rings (SSSR count). The average molecular weight is 495 g/mol. The molecule has 0 radical (unpaired) electrons. The van der Waals surface area contributed by atoms with Crippen molar-refractivity contribution >= 4 is 23.2 Å². The lowest BCUT2D eigenvalue weighted by Gasteiger charge is -2.25. The van der Waals surface area contributed by atoms with Crippen molar-refractivity contribution in [3.05, 3.63) is 66.2 Å². The molecule has 1 heterocycles. The van der Waals surface area contributed by atoms with Gasteiger partial charge in [0.15, 0.2) is 11.4 Å². The molecule has 1 saturated heterocycles. The Bertz CT molecular complexity index is 1120. The molecule has 8 heteroatoms. The summed E-state index contributed by atoms with van der Waals surface area (Å²) in [5.41, 5.74) is 2.05. The molecule has 2 amide bonds. The highest BCUT2D eigenvalue weighted by Crippen LogP contribution is 2.30. The van der Waals surface area contributed by atoms with Gasteiger partial charge in [-0.05, 0) is 42.0 Å². The zero-order valence-corrected chi connectivity index (χ0v) is 20.9. The van der Waals surface area contributed by atoms with Crippen molar-refractivity contribution < 1.29 is 29.3 Å². The van der Waals surface area contributed by atoms with Crippen LogP contribution in [0.5, 0.6) is 0 Å². The standard InChI is InChI=1S/C28H34N2O6/c1-17(2)12-23(25(33)28(15-32)16-36-28)29-27(35)24(14-31)30-26(34)22-13-20(10-11-21(22)18(3)4)19-8-6-5-7-9-19/h5-11,13,17,23-24,31-32H,3,12,14-16H2,1-2,4H3,(H,29,35)(H,30,34)/t23?,24-,28?/m0/s1. The van der Waals surface area contributed by atoms with Gasteiger partial charge in [-0.1, -0.05) is 68.5 Å². The number of carbonyl (C=O) groups excluding carboxylic acids is 3. The molecule has 2 unspecified atom stereocenters. The average Bonchev–Trinajstić information content (AvgIpc) is 3.67. The van der Waals surface area contributed by atoms with Gasteiger partial charge >= 0.3 is 0 Å². The van der Waals surface area contributed by atoms with Gasteiger partial charge in [-0.2, -0.15) is 0 Å². The largest absolute Gasteiger partial charge is 0.394 e. The molecule has 2 aromatic rings. The maximum absolute atomic E-state index is 13.3. The lowest BCUT2D eigenvalue weighted by molar-refractivity contribution is -0.133. The van der Waals surface area contributed by atoms with Gasteiger partial charge < -0.3 is 25.6 Å². The first-order valence-electron chi connectivity index (χ1n) is 12.0. The normalized spacial score (nSPS) is 18.3. The van der Waals surface area contributed by atoms with E-state index >= 15 is 0 Å². The minimum absolute atomic E-state index is 0.0646. The number of epoxide rings is 1. The number of aliphatic hydroxyl groups is 2. The number of ketones is 1. The Balaban J connectivity index is 1.81. The Hall–Kier alpha value is -3.33. The van der Waals surface area contributed by atoms with Crippen molar-refractivity contribution in [2.75, 3.05) is 19.8 Å². The number of benzene rings is 2. The first-order chi connectivity index (χ1) is 17.1. The van der Waals surface area contributed by atoms with E-state index in [2.05, 4.69) is 17.2 Å². The second kappa shape index (κ2) is 11.6. The van der Waals surface area contributed by atoms with Crippen LogP contribution < -0.4 is 10.6 Å². The second-order valence-electron chi connectivity index (χ2n) is 9.61. The minimum atomic E-state index is -1.29. The Labute approximate surface area is 211 Å². The van der Waals surface area contributed by atoms with E-state index in [0.29, 0.717) is 23.1 Å². The van der Waals surface area contributed by atoms with E-state index < -0.39 is 48.5 Å². The molecule has 3 atom stereocenters. The number of ether oxygens (including phenoxy) is 1. The summed E-state index contributed by atoms with van der Waals surface area (Å²) >= 11 is 0. The Kier molecular flexibility index (Phi) is 8.79. The van der Waals surface area contributed by atoms with Crippen LogP contribution in [0.3, 0.4) is 0 Å². The van der Waals surface area contributed by atoms with E-state index in [4.69, 9.17) is 4.74 Å². The van der Waals surface area contributed by atoms with Crippen LogP contribution in [0.2, 0.25) is 0 Å². The van der Waals surface area contributed by atoms with Gasteiger partial charge in [0.1, 0.15) is 6.04 Å². The number of aliphatic hydroxyl groups excluding tert-OH is 2. The SMILES string of the molecule is C=C(C)c1ccc(-c2ccccc2)cc1C(=O)N[C@@H](CO)C(=O)NC(CC(C)C)C(=O)C1(CO)CO1. The molecule has 0 aliphatic carbocycles. The first-order valence-corrected chi connectivity index (χ1v) is 12.0. The summed E-state index contributed by atoms with van der Waals surface area (Å²) in [5.74, 6) is -1.61. The summed E-state index contributed by atoms with van der Waals surface area (Å²) in [5, 5.41) is 24.7. The highest BCUT2D eigenvalue weighted by Gasteiger charge is 2.54. The fraction of sp³-hybridized carbons (Fsp3) is 0.393. The molecule has 0 bridgehead atoms. The maximum Gasteiger partial charge on any atom is 0.252 e. The van der Waals surface area contributed by atoms with Gasteiger partial charge in [-0.15, -0.1) is 0 Å². The van der Waals surface area contributed by atoms with Crippen LogP contribution in [-0.2, 0) is 14.3 Å². The summed E-state index contributed by atoms with van der Waals surface area (Å²) in [4.78, 5) is 39.2. The van der Waals surface area contributed by atoms with E-state index in [-0.39, 0.29) is 12.5 Å². The predicted octanol–water partition coefficient (Wildman–Crippen LogP) is 2.34. The smallest absolute Gasteiger partial charge is 0.252 e. The lowest BCUT2D eigenvalue weighted by Crippen LogP contribution is -2.55. The van der Waals surface area contributed by atoms with Gasteiger partial charge in [-0.25, -0.2) is 0 Å². The molecule has 192 valence electrons. The zero-order chi connectivity index (χ0) is 26.5. The third-order valence-electron chi connectivity index (χ3n) is 6.17. The highest BCUT2D eigenvalue weighted by atomic mass is 16.6. The third kappa shape index (κ3) is 6.26. The number of allylic oxidation sites excluding steroid dienone is 1. The minimum Gasteiger partial charge on any atom is -0.394 e. The van der Waals surface area contributed by atoms with Crippen LogP contribution in [0, 0.1) is 5.92 Å². The fourth-order valence-corrected chi connectivity index (χ4v) is 4.04. The van der Waals surface area contributed by atoms with Crippen molar-refractivity contribution in [1.82, 2.24) is 10.6 Å². The first kappa shape index (κ1) is 27.3. The number of carbonyl (C=O) groups is 3. The highest BCUT2D eigenvalue weighted by molar-refractivity contribution is 6.03. The number of rotatable bonds is 12. The van der Waals surface area contributed by atoms with E-state index in [1.807, 2.05) is 50.2 Å². The van der Waals surface area contributed by atoms with Gasteiger partial charge in [0.2, 0.25) is 5.91 Å². The van der Waals surface area contributed by atoms with Crippen LogP contribution in [0.25, 0.3) is 16.7 Å². The van der Waals surface area contributed by atoms with Crippen LogP contribution in [-0.4, -0.2) is 65.3 Å². The maximum atomic E-state index is 13.3. The molecule has 4 N–H and O–H groups in total. The second-order valence-corrected chi connectivity index (χ2v) is 9.61. The van der Waals surface area contributed by atoms with Gasteiger partial charge in [-0.3, -0.25) is 14.4 Å². The number of amides is 2. The van der Waals surface area contributed by atoms with Gasteiger partial charge in [0.25, 0.3) is 5.91 Å².